The van der Waals surface area contributed by atoms with Gasteiger partial charge in [0.05, 0.1) is 11.5 Å². The zero-order chi connectivity index (χ0) is 19.1. The monoisotopic (exact) mass is 404 g/mol. The largest absolute Gasteiger partial charge is 0.354 e. The van der Waals surface area contributed by atoms with Crippen LogP contribution in [0.25, 0.3) is 0 Å². The molecule has 1 N–H and O–H groups in total. The Hall–Kier alpha value is -1.83. The van der Waals surface area contributed by atoms with Crippen molar-refractivity contribution in [2.24, 2.45) is 0 Å². The maximum atomic E-state index is 12.9. The topological polar surface area (TPSA) is 66.5 Å². The molecule has 0 saturated carbocycles. The van der Waals surface area contributed by atoms with E-state index in [0.717, 1.165) is 11.3 Å². The maximum Gasteiger partial charge on any atom is 0.241 e. The minimum atomic E-state index is -2.99. The molecule has 2 aromatic carbocycles. The van der Waals surface area contributed by atoms with Crippen LogP contribution in [0.15, 0.2) is 65.6 Å². The quantitative estimate of drug-likeness (QED) is 0.567. The van der Waals surface area contributed by atoms with Crippen LogP contribution in [0.3, 0.4) is 0 Å². The number of benzene rings is 2. The van der Waals surface area contributed by atoms with Gasteiger partial charge in [0, 0.05) is 30.3 Å². The second kappa shape index (κ2) is 9.39. The highest BCUT2D eigenvalue weighted by Gasteiger charge is 2.32. The van der Waals surface area contributed by atoms with E-state index >= 15 is 0 Å². The van der Waals surface area contributed by atoms with Gasteiger partial charge in [-0.25, -0.2) is 8.42 Å². The SMILES string of the molecule is O=C(NCCSc1ccccc1)C(c1ccccc1)N1CCS(=O)(=O)CC1. The van der Waals surface area contributed by atoms with Crippen molar-refractivity contribution in [3.8, 4) is 0 Å². The first-order valence-corrected chi connectivity index (χ1v) is 11.8. The van der Waals surface area contributed by atoms with Crippen molar-refractivity contribution in [1.29, 1.82) is 0 Å². The Morgan fingerprint density at radius 2 is 1.59 bits per heavy atom. The van der Waals surface area contributed by atoms with E-state index in [4.69, 9.17) is 0 Å². The van der Waals surface area contributed by atoms with E-state index in [9.17, 15) is 13.2 Å². The van der Waals surface area contributed by atoms with E-state index in [0.29, 0.717) is 19.6 Å². The summed E-state index contributed by atoms with van der Waals surface area (Å²) in [5, 5.41) is 3.02. The first kappa shape index (κ1) is 19.9. The summed E-state index contributed by atoms with van der Waals surface area (Å²) in [4.78, 5) is 16.0. The van der Waals surface area contributed by atoms with Gasteiger partial charge in [0.2, 0.25) is 5.91 Å². The van der Waals surface area contributed by atoms with Gasteiger partial charge in [-0.3, -0.25) is 9.69 Å². The average molecular weight is 405 g/mol. The van der Waals surface area contributed by atoms with Gasteiger partial charge in [-0.2, -0.15) is 0 Å². The lowest BCUT2D eigenvalue weighted by Gasteiger charge is -2.33. The Morgan fingerprint density at radius 1 is 1.00 bits per heavy atom. The maximum absolute atomic E-state index is 12.9. The van der Waals surface area contributed by atoms with Gasteiger partial charge in [0.15, 0.2) is 9.84 Å². The smallest absolute Gasteiger partial charge is 0.241 e. The van der Waals surface area contributed by atoms with E-state index in [2.05, 4.69) is 5.32 Å². The van der Waals surface area contributed by atoms with Crippen LogP contribution in [-0.2, 0) is 14.6 Å². The lowest BCUT2D eigenvalue weighted by Crippen LogP contribution is -2.47. The second-order valence-electron chi connectivity index (χ2n) is 6.45. The van der Waals surface area contributed by atoms with E-state index in [1.807, 2.05) is 65.6 Å². The van der Waals surface area contributed by atoms with E-state index < -0.39 is 15.9 Å². The number of hydrogen-bond donors (Lipinski definition) is 1. The molecule has 0 spiro atoms. The van der Waals surface area contributed by atoms with Crippen molar-refractivity contribution in [1.82, 2.24) is 10.2 Å². The fourth-order valence-electron chi connectivity index (χ4n) is 3.10. The number of nitrogens with one attached hydrogen (secondary N) is 1. The Labute approximate surface area is 165 Å². The Morgan fingerprint density at radius 3 is 2.22 bits per heavy atom. The Kier molecular flexibility index (Phi) is 6.93. The third-order valence-electron chi connectivity index (χ3n) is 4.52. The molecule has 0 aliphatic carbocycles. The number of amides is 1. The molecule has 144 valence electrons. The van der Waals surface area contributed by atoms with Crippen molar-refractivity contribution < 1.29 is 13.2 Å². The summed E-state index contributed by atoms with van der Waals surface area (Å²) in [6.45, 7) is 1.33. The molecule has 1 aliphatic rings. The van der Waals surface area contributed by atoms with Crippen LogP contribution in [0.2, 0.25) is 0 Å². The van der Waals surface area contributed by atoms with Gasteiger partial charge in [0.1, 0.15) is 6.04 Å². The van der Waals surface area contributed by atoms with Crippen molar-refractivity contribution in [2.75, 3.05) is 36.9 Å². The summed E-state index contributed by atoms with van der Waals surface area (Å²) in [5.41, 5.74) is 0.894. The molecule has 1 amide bonds. The molecule has 7 heteroatoms. The molecule has 1 fully saturated rings. The zero-order valence-electron chi connectivity index (χ0n) is 15.1. The molecule has 5 nitrogen and oxygen atoms in total. The van der Waals surface area contributed by atoms with E-state index in [-0.39, 0.29) is 17.4 Å². The first-order chi connectivity index (χ1) is 13.1. The molecule has 1 atom stereocenters. The Bertz CT molecular complexity index is 828. The van der Waals surface area contributed by atoms with Crippen LogP contribution in [-0.4, -0.2) is 56.1 Å². The van der Waals surface area contributed by atoms with Gasteiger partial charge >= 0.3 is 0 Å². The summed E-state index contributed by atoms with van der Waals surface area (Å²) >= 11 is 1.70. The van der Waals surface area contributed by atoms with Gasteiger partial charge < -0.3 is 5.32 Å². The molecule has 0 radical (unpaired) electrons. The molecule has 27 heavy (non-hydrogen) atoms. The summed E-state index contributed by atoms with van der Waals surface area (Å²) in [6, 6.07) is 19.2. The molecule has 2 aromatic rings. The highest BCUT2D eigenvalue weighted by Crippen LogP contribution is 2.23. The first-order valence-electron chi connectivity index (χ1n) is 9.00. The second-order valence-corrected chi connectivity index (χ2v) is 9.93. The highest BCUT2D eigenvalue weighted by atomic mass is 32.2. The number of hydrogen-bond acceptors (Lipinski definition) is 5. The van der Waals surface area contributed by atoms with Crippen LogP contribution >= 0.6 is 11.8 Å². The molecule has 1 unspecified atom stereocenters. The van der Waals surface area contributed by atoms with Gasteiger partial charge in [-0.05, 0) is 17.7 Å². The summed E-state index contributed by atoms with van der Waals surface area (Å²) in [7, 11) is -2.99. The predicted molar refractivity (Wildman–Crippen MR) is 110 cm³/mol. The minimum Gasteiger partial charge on any atom is -0.354 e. The van der Waals surface area contributed by atoms with Crippen LogP contribution in [0.4, 0.5) is 0 Å². The Balaban J connectivity index is 1.61. The fraction of sp³-hybridized carbons (Fsp3) is 0.350. The van der Waals surface area contributed by atoms with Crippen LogP contribution in [0.5, 0.6) is 0 Å². The molecular formula is C20H24N2O3S2. The predicted octanol–water partition coefficient (Wildman–Crippen LogP) is 2.37. The average Bonchev–Trinajstić information content (AvgIpc) is 2.68. The zero-order valence-corrected chi connectivity index (χ0v) is 16.7. The molecule has 1 heterocycles. The number of carbonyl (C=O) groups excluding carboxylic acids is 1. The molecule has 0 bridgehead atoms. The number of thioether (sulfide) groups is 1. The van der Waals surface area contributed by atoms with Crippen molar-refractivity contribution in [2.45, 2.75) is 10.9 Å². The van der Waals surface area contributed by atoms with Gasteiger partial charge in [-0.1, -0.05) is 48.5 Å². The summed E-state index contributed by atoms with van der Waals surface area (Å²) in [6.07, 6.45) is 0. The van der Waals surface area contributed by atoms with E-state index in [1.165, 1.54) is 4.90 Å². The van der Waals surface area contributed by atoms with E-state index in [1.54, 1.807) is 11.8 Å². The highest BCUT2D eigenvalue weighted by molar-refractivity contribution is 7.99. The standard InChI is InChI=1S/C20H24N2O3S2/c23-20(21-11-14-26-18-9-5-2-6-10-18)19(17-7-3-1-4-8-17)22-12-15-27(24,25)16-13-22/h1-10,19H,11-16H2,(H,21,23). The third-order valence-corrected chi connectivity index (χ3v) is 7.14. The number of rotatable bonds is 7. The summed E-state index contributed by atoms with van der Waals surface area (Å²) < 4.78 is 23.5. The number of sulfone groups is 1. The van der Waals surface area contributed by atoms with Crippen LogP contribution in [0, 0.1) is 0 Å². The molecule has 3 rings (SSSR count). The number of carbonyl (C=O) groups is 1. The minimum absolute atomic E-state index is 0.0749. The third kappa shape index (κ3) is 5.82. The normalized spacial score (nSPS) is 17.9. The van der Waals surface area contributed by atoms with Gasteiger partial charge in [-0.15, -0.1) is 11.8 Å². The molecule has 1 saturated heterocycles. The van der Waals surface area contributed by atoms with Gasteiger partial charge in [0.25, 0.3) is 0 Å². The van der Waals surface area contributed by atoms with Crippen molar-refractivity contribution >= 4 is 27.5 Å². The molecule has 0 aromatic heterocycles. The van der Waals surface area contributed by atoms with Crippen LogP contribution in [0.1, 0.15) is 11.6 Å². The lowest BCUT2D eigenvalue weighted by atomic mass is 10.0. The number of nitrogens with zero attached hydrogens (tertiary/aromatic N) is 1. The molecule has 1 aliphatic heterocycles. The van der Waals surface area contributed by atoms with Crippen LogP contribution < -0.4 is 5.32 Å². The van der Waals surface area contributed by atoms with Crippen molar-refractivity contribution in [3.05, 3.63) is 66.2 Å². The fourth-order valence-corrected chi connectivity index (χ4v) is 5.12. The van der Waals surface area contributed by atoms with Crippen molar-refractivity contribution in [3.63, 3.8) is 0 Å². The lowest BCUT2D eigenvalue weighted by molar-refractivity contribution is -0.126. The summed E-state index contributed by atoms with van der Waals surface area (Å²) in [5.74, 6) is 0.918. The molecular weight excluding hydrogens is 380 g/mol.